The van der Waals surface area contributed by atoms with Crippen LogP contribution in [0.5, 0.6) is 0 Å². The molecular weight excluding hydrogens is 170 g/mol. The molecule has 1 aliphatic heterocycles. The number of nitrogens with one attached hydrogen (secondary N) is 1. The highest BCUT2D eigenvalue weighted by Gasteiger charge is 2.27. The Hall–Kier alpha value is 0.110. The Kier molecular flexibility index (Phi) is 3.29. The van der Waals surface area contributed by atoms with Crippen molar-refractivity contribution in [1.29, 1.82) is 0 Å². The van der Waals surface area contributed by atoms with Gasteiger partial charge in [0.05, 0.1) is 0 Å². The van der Waals surface area contributed by atoms with Crippen LogP contribution in [0.15, 0.2) is 0 Å². The summed E-state index contributed by atoms with van der Waals surface area (Å²) in [6.07, 6.45) is 1.05. The number of hydrogen-bond donors (Lipinski definition) is 1. The lowest BCUT2D eigenvalue weighted by molar-refractivity contribution is 0.293. The zero-order chi connectivity index (χ0) is 9.19. The first kappa shape index (κ1) is 10.2. The highest BCUT2D eigenvalue weighted by atomic mass is 32.2. The van der Waals surface area contributed by atoms with Crippen molar-refractivity contribution in [1.82, 2.24) is 5.32 Å². The molecule has 1 aliphatic rings. The number of rotatable bonds is 0. The molecule has 12 heavy (non-hydrogen) atoms. The Morgan fingerprint density at radius 2 is 2.08 bits per heavy atom. The normalized spacial score (nSPS) is 32.9. The zero-order valence-corrected chi connectivity index (χ0v) is 9.04. The van der Waals surface area contributed by atoms with E-state index in [0.717, 1.165) is 24.5 Å². The predicted molar refractivity (Wildman–Crippen MR) is 53.7 cm³/mol. The van der Waals surface area contributed by atoms with Gasteiger partial charge in [-0.1, -0.05) is 20.8 Å². The van der Waals surface area contributed by atoms with Gasteiger partial charge in [-0.05, 0) is 18.4 Å². The van der Waals surface area contributed by atoms with E-state index in [-0.39, 0.29) is 5.41 Å². The van der Waals surface area contributed by atoms with Gasteiger partial charge < -0.3 is 5.32 Å². The molecule has 1 heterocycles. The summed E-state index contributed by atoms with van der Waals surface area (Å²) in [6, 6.07) is 0.417. The molecule has 0 aliphatic carbocycles. The molecule has 1 N–H and O–H groups in total. The second-order valence-electron chi connectivity index (χ2n) is 4.54. The molecule has 0 aromatic heterocycles. The van der Waals surface area contributed by atoms with Gasteiger partial charge in [-0.3, -0.25) is 4.21 Å². The first-order chi connectivity index (χ1) is 5.50. The predicted octanol–water partition coefficient (Wildman–Crippen LogP) is 1.14. The van der Waals surface area contributed by atoms with E-state index in [4.69, 9.17) is 0 Å². The van der Waals surface area contributed by atoms with Crippen molar-refractivity contribution < 1.29 is 4.21 Å². The third kappa shape index (κ3) is 2.87. The molecule has 0 spiro atoms. The van der Waals surface area contributed by atoms with Gasteiger partial charge in [0, 0.05) is 28.3 Å². The van der Waals surface area contributed by atoms with Crippen LogP contribution < -0.4 is 5.32 Å². The summed E-state index contributed by atoms with van der Waals surface area (Å²) in [5, 5.41) is 3.46. The molecule has 1 rings (SSSR count). The Bertz CT molecular complexity index is 174. The van der Waals surface area contributed by atoms with Crippen LogP contribution in [-0.2, 0) is 10.8 Å². The van der Waals surface area contributed by atoms with Crippen molar-refractivity contribution in [2.45, 2.75) is 33.2 Å². The summed E-state index contributed by atoms with van der Waals surface area (Å²) < 4.78 is 11.4. The van der Waals surface area contributed by atoms with Crippen LogP contribution in [0, 0.1) is 5.41 Å². The van der Waals surface area contributed by atoms with Crippen LogP contribution in [0.1, 0.15) is 27.2 Å². The van der Waals surface area contributed by atoms with Gasteiger partial charge in [0.25, 0.3) is 0 Å². The molecule has 2 unspecified atom stereocenters. The molecule has 0 aromatic carbocycles. The van der Waals surface area contributed by atoms with Gasteiger partial charge in [-0.15, -0.1) is 0 Å². The lowest BCUT2D eigenvalue weighted by Gasteiger charge is -2.29. The van der Waals surface area contributed by atoms with Gasteiger partial charge in [0.1, 0.15) is 0 Å². The average molecular weight is 189 g/mol. The van der Waals surface area contributed by atoms with Gasteiger partial charge in [0.15, 0.2) is 0 Å². The molecular formula is C9H19NOS. The summed E-state index contributed by atoms with van der Waals surface area (Å²) in [7, 11) is -0.597. The zero-order valence-electron chi connectivity index (χ0n) is 8.22. The molecule has 72 valence electrons. The maximum Gasteiger partial charge on any atom is 0.0393 e. The summed E-state index contributed by atoms with van der Waals surface area (Å²) >= 11 is 0. The van der Waals surface area contributed by atoms with E-state index in [1.165, 1.54) is 0 Å². The first-order valence-electron chi connectivity index (χ1n) is 4.58. The van der Waals surface area contributed by atoms with Crippen molar-refractivity contribution in [3.05, 3.63) is 0 Å². The van der Waals surface area contributed by atoms with Crippen LogP contribution in [0.25, 0.3) is 0 Å². The molecule has 0 aromatic rings. The van der Waals surface area contributed by atoms with Crippen LogP contribution in [0.3, 0.4) is 0 Å². The third-order valence-electron chi connectivity index (χ3n) is 2.34. The van der Waals surface area contributed by atoms with Crippen molar-refractivity contribution >= 4 is 10.8 Å². The minimum Gasteiger partial charge on any atom is -0.313 e. The first-order valence-corrected chi connectivity index (χ1v) is 6.07. The van der Waals surface area contributed by atoms with Gasteiger partial charge >= 0.3 is 0 Å². The van der Waals surface area contributed by atoms with Gasteiger partial charge in [0.2, 0.25) is 0 Å². The molecule has 3 heteroatoms. The quantitative estimate of drug-likeness (QED) is 0.619. The van der Waals surface area contributed by atoms with E-state index in [1.54, 1.807) is 0 Å². The maximum atomic E-state index is 11.4. The Balaban J connectivity index is 2.58. The van der Waals surface area contributed by atoms with E-state index in [0.29, 0.717) is 6.04 Å². The second-order valence-corrected chi connectivity index (χ2v) is 6.16. The fraction of sp³-hybridized carbons (Fsp3) is 1.00. The lowest BCUT2D eigenvalue weighted by Crippen LogP contribution is -2.42. The van der Waals surface area contributed by atoms with Crippen LogP contribution in [0.4, 0.5) is 0 Å². The molecule has 2 atom stereocenters. The molecule has 1 saturated heterocycles. The van der Waals surface area contributed by atoms with Crippen LogP contribution in [-0.4, -0.2) is 28.3 Å². The minimum absolute atomic E-state index is 0.236. The van der Waals surface area contributed by atoms with E-state index < -0.39 is 10.8 Å². The fourth-order valence-corrected chi connectivity index (χ4v) is 3.02. The Labute approximate surface area is 77.6 Å². The van der Waals surface area contributed by atoms with E-state index >= 15 is 0 Å². The Morgan fingerprint density at radius 1 is 1.42 bits per heavy atom. The largest absolute Gasteiger partial charge is 0.313 e. The summed E-state index contributed by atoms with van der Waals surface area (Å²) in [4.78, 5) is 0. The molecule has 2 nitrogen and oxygen atoms in total. The summed E-state index contributed by atoms with van der Waals surface area (Å²) in [5.74, 6) is 1.70. The molecule has 1 fully saturated rings. The van der Waals surface area contributed by atoms with E-state index in [2.05, 4.69) is 26.1 Å². The van der Waals surface area contributed by atoms with Crippen molar-refractivity contribution in [3.8, 4) is 0 Å². The topological polar surface area (TPSA) is 29.1 Å². The fourth-order valence-electron chi connectivity index (χ4n) is 1.39. The molecule has 0 radical (unpaired) electrons. The lowest BCUT2D eigenvalue weighted by atomic mass is 9.88. The second kappa shape index (κ2) is 3.88. The highest BCUT2D eigenvalue weighted by molar-refractivity contribution is 7.85. The Morgan fingerprint density at radius 3 is 2.67 bits per heavy atom. The monoisotopic (exact) mass is 189 g/mol. The average Bonchev–Trinajstić information content (AvgIpc) is 2.11. The van der Waals surface area contributed by atoms with Gasteiger partial charge in [-0.25, -0.2) is 0 Å². The highest BCUT2D eigenvalue weighted by Crippen LogP contribution is 2.21. The molecule has 0 amide bonds. The summed E-state index contributed by atoms with van der Waals surface area (Å²) in [6.45, 7) is 7.63. The van der Waals surface area contributed by atoms with Crippen LogP contribution >= 0.6 is 0 Å². The van der Waals surface area contributed by atoms with Crippen LogP contribution in [0.2, 0.25) is 0 Å². The van der Waals surface area contributed by atoms with Crippen molar-refractivity contribution in [2.24, 2.45) is 5.41 Å². The number of hydrogen-bond acceptors (Lipinski definition) is 2. The summed E-state index contributed by atoms with van der Waals surface area (Å²) in [5.41, 5.74) is 0.236. The molecule has 0 bridgehead atoms. The maximum absolute atomic E-state index is 11.4. The van der Waals surface area contributed by atoms with E-state index in [9.17, 15) is 4.21 Å². The SMILES string of the molecule is CC(C)(C)C1CS(=O)CCCN1. The van der Waals surface area contributed by atoms with Crippen molar-refractivity contribution in [2.75, 3.05) is 18.1 Å². The van der Waals surface area contributed by atoms with Gasteiger partial charge in [-0.2, -0.15) is 0 Å². The van der Waals surface area contributed by atoms with Crippen molar-refractivity contribution in [3.63, 3.8) is 0 Å². The molecule has 0 saturated carbocycles. The van der Waals surface area contributed by atoms with E-state index in [1.807, 2.05) is 0 Å². The third-order valence-corrected chi connectivity index (χ3v) is 3.79. The standard InChI is InChI=1S/C9H19NOS/c1-9(2,3)8-7-12(11)6-4-5-10-8/h8,10H,4-7H2,1-3H3. The smallest absolute Gasteiger partial charge is 0.0393 e. The minimum atomic E-state index is -0.597.